The lowest BCUT2D eigenvalue weighted by Crippen LogP contribution is -2.28. The first kappa shape index (κ1) is 14.4. The van der Waals surface area contributed by atoms with Gasteiger partial charge in [-0.2, -0.15) is 0 Å². The van der Waals surface area contributed by atoms with Crippen LogP contribution in [0.4, 0.5) is 0 Å². The highest BCUT2D eigenvalue weighted by atomic mass is 16.5. The van der Waals surface area contributed by atoms with Crippen molar-refractivity contribution in [1.82, 2.24) is 5.32 Å². The maximum Gasteiger partial charge on any atom is 0.118 e. The summed E-state index contributed by atoms with van der Waals surface area (Å²) in [6, 6.07) is 9.07. The lowest BCUT2D eigenvalue weighted by molar-refractivity contribution is 0.412. The summed E-state index contributed by atoms with van der Waals surface area (Å²) < 4.78 is 5.20. The number of ether oxygens (including phenoxy) is 1. The molecule has 1 aromatic rings. The molecule has 1 unspecified atom stereocenters. The fraction of sp³-hybridized carbons (Fsp3) is 0.647. The Labute approximate surface area is 117 Å². The van der Waals surface area contributed by atoms with Crippen molar-refractivity contribution >= 4 is 0 Å². The van der Waals surface area contributed by atoms with E-state index in [2.05, 4.69) is 36.6 Å². The van der Waals surface area contributed by atoms with Crippen LogP contribution in [0.15, 0.2) is 24.3 Å². The van der Waals surface area contributed by atoms with E-state index in [-0.39, 0.29) is 0 Å². The lowest BCUT2D eigenvalue weighted by Gasteiger charge is -2.18. The van der Waals surface area contributed by atoms with Gasteiger partial charge in [-0.15, -0.1) is 0 Å². The molecule has 1 N–H and O–H groups in total. The minimum atomic E-state index is 0.606. The summed E-state index contributed by atoms with van der Waals surface area (Å²) in [7, 11) is 3.80. The maximum absolute atomic E-state index is 5.20. The van der Waals surface area contributed by atoms with Crippen LogP contribution < -0.4 is 10.1 Å². The van der Waals surface area contributed by atoms with E-state index in [0.29, 0.717) is 6.04 Å². The van der Waals surface area contributed by atoms with E-state index in [1.54, 1.807) is 7.11 Å². The number of hydrogen-bond acceptors (Lipinski definition) is 2. The monoisotopic (exact) mass is 261 g/mol. The molecule has 1 saturated carbocycles. The molecule has 0 saturated heterocycles. The number of nitrogens with one attached hydrogen (secondary N) is 1. The molecule has 0 spiro atoms. The van der Waals surface area contributed by atoms with Gasteiger partial charge in [0, 0.05) is 6.04 Å². The SMILES string of the molecule is CNC(CCC1CCCC1)Cc1ccc(OC)cc1. The van der Waals surface area contributed by atoms with E-state index in [4.69, 9.17) is 4.74 Å². The molecule has 106 valence electrons. The molecular weight excluding hydrogens is 234 g/mol. The highest BCUT2D eigenvalue weighted by Gasteiger charge is 2.16. The topological polar surface area (TPSA) is 21.3 Å². The Morgan fingerprint density at radius 3 is 2.47 bits per heavy atom. The molecular formula is C17H27NO. The van der Waals surface area contributed by atoms with Gasteiger partial charge in [0.2, 0.25) is 0 Å². The molecule has 1 fully saturated rings. The van der Waals surface area contributed by atoms with Gasteiger partial charge in [-0.25, -0.2) is 0 Å². The van der Waals surface area contributed by atoms with Crippen molar-refractivity contribution in [2.75, 3.05) is 14.2 Å². The minimum Gasteiger partial charge on any atom is -0.497 e. The Bertz CT molecular complexity index is 354. The van der Waals surface area contributed by atoms with Crippen LogP contribution in [0.2, 0.25) is 0 Å². The van der Waals surface area contributed by atoms with E-state index in [1.807, 2.05) is 0 Å². The normalized spacial score (nSPS) is 17.6. The molecule has 1 aromatic carbocycles. The van der Waals surface area contributed by atoms with Crippen LogP contribution >= 0.6 is 0 Å². The van der Waals surface area contributed by atoms with Crippen molar-refractivity contribution in [2.45, 2.75) is 51.0 Å². The van der Waals surface area contributed by atoms with Crippen molar-refractivity contribution in [3.63, 3.8) is 0 Å². The van der Waals surface area contributed by atoms with E-state index in [9.17, 15) is 0 Å². The van der Waals surface area contributed by atoms with Gasteiger partial charge in [-0.05, 0) is 49.9 Å². The second-order valence-corrected chi connectivity index (χ2v) is 5.77. The molecule has 0 bridgehead atoms. The average Bonchev–Trinajstić information content (AvgIpc) is 2.97. The molecule has 1 atom stereocenters. The Morgan fingerprint density at radius 2 is 1.89 bits per heavy atom. The third-order valence-corrected chi connectivity index (χ3v) is 4.45. The molecule has 0 radical (unpaired) electrons. The molecule has 2 rings (SSSR count). The first-order valence-electron chi connectivity index (χ1n) is 7.62. The van der Waals surface area contributed by atoms with Gasteiger partial charge < -0.3 is 10.1 Å². The largest absolute Gasteiger partial charge is 0.497 e. The summed E-state index contributed by atoms with van der Waals surface area (Å²) in [5.74, 6) is 1.93. The summed E-state index contributed by atoms with van der Waals surface area (Å²) >= 11 is 0. The highest BCUT2D eigenvalue weighted by Crippen LogP contribution is 2.29. The number of benzene rings is 1. The second-order valence-electron chi connectivity index (χ2n) is 5.77. The smallest absolute Gasteiger partial charge is 0.118 e. The van der Waals surface area contributed by atoms with Gasteiger partial charge in [0.15, 0.2) is 0 Å². The molecule has 2 heteroatoms. The predicted octanol–water partition coefficient (Wildman–Crippen LogP) is 3.80. The Balaban J connectivity index is 1.79. The first-order valence-corrected chi connectivity index (χ1v) is 7.62. The number of rotatable bonds is 7. The zero-order valence-corrected chi connectivity index (χ0v) is 12.3. The summed E-state index contributed by atoms with van der Waals surface area (Å²) in [6.07, 6.45) is 9.63. The van der Waals surface area contributed by atoms with Crippen molar-refractivity contribution in [3.05, 3.63) is 29.8 Å². The highest BCUT2D eigenvalue weighted by molar-refractivity contribution is 5.27. The van der Waals surface area contributed by atoms with Crippen molar-refractivity contribution in [2.24, 2.45) is 5.92 Å². The van der Waals surface area contributed by atoms with E-state index < -0.39 is 0 Å². The number of methoxy groups -OCH3 is 1. The third-order valence-electron chi connectivity index (χ3n) is 4.45. The van der Waals surface area contributed by atoms with Crippen LogP contribution in [0.5, 0.6) is 5.75 Å². The molecule has 0 heterocycles. The molecule has 0 aromatic heterocycles. The van der Waals surface area contributed by atoms with Crippen LogP contribution in [-0.4, -0.2) is 20.2 Å². The van der Waals surface area contributed by atoms with Crippen molar-refractivity contribution in [1.29, 1.82) is 0 Å². The number of hydrogen-bond donors (Lipinski definition) is 1. The van der Waals surface area contributed by atoms with Gasteiger partial charge in [-0.1, -0.05) is 37.8 Å². The third kappa shape index (κ3) is 4.54. The standard InChI is InChI=1S/C17H27NO/c1-18-16(10-7-14-5-3-4-6-14)13-15-8-11-17(19-2)12-9-15/h8-9,11-12,14,16,18H,3-7,10,13H2,1-2H3. The zero-order valence-electron chi connectivity index (χ0n) is 12.3. The minimum absolute atomic E-state index is 0.606. The van der Waals surface area contributed by atoms with Gasteiger partial charge >= 0.3 is 0 Å². The zero-order chi connectivity index (χ0) is 13.5. The number of likely N-dealkylation sites (N-methyl/N-ethyl adjacent to an activating group) is 1. The van der Waals surface area contributed by atoms with Crippen molar-refractivity contribution in [3.8, 4) is 5.75 Å². The molecule has 0 aliphatic heterocycles. The van der Waals surface area contributed by atoms with Crippen LogP contribution in [0, 0.1) is 5.92 Å². The summed E-state index contributed by atoms with van der Waals surface area (Å²) in [5.41, 5.74) is 1.39. The molecule has 2 nitrogen and oxygen atoms in total. The van der Waals surface area contributed by atoms with E-state index >= 15 is 0 Å². The van der Waals surface area contributed by atoms with Gasteiger partial charge in [0.1, 0.15) is 5.75 Å². The Kier molecular flexibility index (Phi) is 5.71. The van der Waals surface area contributed by atoms with Gasteiger partial charge in [0.25, 0.3) is 0 Å². The molecule has 0 amide bonds. The fourth-order valence-corrected chi connectivity index (χ4v) is 3.13. The predicted molar refractivity (Wildman–Crippen MR) is 80.7 cm³/mol. The second kappa shape index (κ2) is 7.54. The molecule has 19 heavy (non-hydrogen) atoms. The first-order chi connectivity index (χ1) is 9.31. The molecule has 1 aliphatic rings. The van der Waals surface area contributed by atoms with E-state index in [1.165, 1.54) is 44.1 Å². The Hall–Kier alpha value is -1.02. The quantitative estimate of drug-likeness (QED) is 0.806. The Morgan fingerprint density at radius 1 is 1.21 bits per heavy atom. The van der Waals surface area contributed by atoms with Crippen LogP contribution in [-0.2, 0) is 6.42 Å². The van der Waals surface area contributed by atoms with Crippen LogP contribution in [0.25, 0.3) is 0 Å². The van der Waals surface area contributed by atoms with Crippen LogP contribution in [0.3, 0.4) is 0 Å². The average molecular weight is 261 g/mol. The summed E-state index contributed by atoms with van der Waals surface area (Å²) in [4.78, 5) is 0. The van der Waals surface area contributed by atoms with Gasteiger partial charge in [-0.3, -0.25) is 0 Å². The summed E-state index contributed by atoms with van der Waals surface area (Å²) in [5, 5.41) is 3.47. The van der Waals surface area contributed by atoms with Crippen LogP contribution in [0.1, 0.15) is 44.1 Å². The van der Waals surface area contributed by atoms with Crippen molar-refractivity contribution < 1.29 is 4.74 Å². The lowest BCUT2D eigenvalue weighted by atomic mass is 9.95. The fourth-order valence-electron chi connectivity index (χ4n) is 3.13. The summed E-state index contributed by atoms with van der Waals surface area (Å²) in [6.45, 7) is 0. The molecule has 1 aliphatic carbocycles. The maximum atomic E-state index is 5.20. The van der Waals surface area contributed by atoms with Gasteiger partial charge in [0.05, 0.1) is 7.11 Å². The van der Waals surface area contributed by atoms with E-state index in [0.717, 1.165) is 18.1 Å².